The maximum Gasteiger partial charge on any atom is 0.162 e. The van der Waals surface area contributed by atoms with E-state index in [4.69, 9.17) is 34.8 Å². The van der Waals surface area contributed by atoms with Crippen LogP contribution in [0.5, 0.6) is 0 Å². The van der Waals surface area contributed by atoms with Gasteiger partial charge in [0.1, 0.15) is 5.02 Å². The van der Waals surface area contributed by atoms with Gasteiger partial charge < -0.3 is 0 Å². The molecule has 0 aliphatic rings. The quantitative estimate of drug-likeness (QED) is 0.573. The Labute approximate surface area is 127 Å². The van der Waals surface area contributed by atoms with Crippen LogP contribution in [0.2, 0.25) is 15.3 Å². The number of allylic oxidation sites excluding steroid dienone is 2. The molecule has 19 heavy (non-hydrogen) atoms. The summed E-state index contributed by atoms with van der Waals surface area (Å²) in [5, 5.41) is 0.501. The summed E-state index contributed by atoms with van der Waals surface area (Å²) in [6, 6.07) is 7.92. The Hall–Kier alpha value is -1.09. The van der Waals surface area contributed by atoms with Crippen molar-refractivity contribution < 1.29 is 0 Å². The van der Waals surface area contributed by atoms with Crippen LogP contribution in [0, 0.1) is 0 Å². The van der Waals surface area contributed by atoms with Crippen molar-refractivity contribution in [2.45, 2.75) is 13.3 Å². The maximum absolute atomic E-state index is 5.89. The van der Waals surface area contributed by atoms with E-state index in [1.54, 1.807) is 0 Å². The zero-order chi connectivity index (χ0) is 13.8. The first-order valence-corrected chi connectivity index (χ1v) is 6.84. The zero-order valence-corrected chi connectivity index (χ0v) is 12.5. The van der Waals surface area contributed by atoms with Crippen molar-refractivity contribution in [1.82, 2.24) is 9.97 Å². The van der Waals surface area contributed by atoms with Gasteiger partial charge >= 0.3 is 0 Å². The second-order valence-electron chi connectivity index (χ2n) is 3.91. The average Bonchev–Trinajstić information content (AvgIpc) is 2.42. The first-order chi connectivity index (χ1) is 9.11. The van der Waals surface area contributed by atoms with E-state index < -0.39 is 0 Å². The summed E-state index contributed by atoms with van der Waals surface area (Å²) in [6.45, 7) is 2.00. The number of benzene rings is 1. The Bertz CT molecular complexity index is 584. The van der Waals surface area contributed by atoms with Crippen LogP contribution in [-0.4, -0.2) is 9.97 Å². The molecular weight excluding hydrogens is 303 g/mol. The van der Waals surface area contributed by atoms with Gasteiger partial charge in [0.2, 0.25) is 0 Å². The first-order valence-electron chi connectivity index (χ1n) is 5.71. The number of rotatable bonds is 3. The van der Waals surface area contributed by atoms with Crippen LogP contribution >= 0.6 is 34.8 Å². The molecule has 0 aliphatic heterocycles. The molecule has 0 aliphatic carbocycles. The third-order valence-corrected chi connectivity index (χ3v) is 3.67. The highest BCUT2D eigenvalue weighted by Crippen LogP contribution is 2.29. The van der Waals surface area contributed by atoms with E-state index in [1.807, 2.05) is 37.3 Å². The van der Waals surface area contributed by atoms with E-state index in [1.165, 1.54) is 5.56 Å². The van der Waals surface area contributed by atoms with Gasteiger partial charge in [-0.05, 0) is 18.9 Å². The topological polar surface area (TPSA) is 25.8 Å². The lowest BCUT2D eigenvalue weighted by Gasteiger charge is -2.04. The van der Waals surface area contributed by atoms with Crippen molar-refractivity contribution >= 4 is 34.8 Å². The third kappa shape index (κ3) is 3.47. The minimum absolute atomic E-state index is 0.162. The summed E-state index contributed by atoms with van der Waals surface area (Å²) in [6.07, 6.45) is 5.02. The molecule has 0 saturated heterocycles. The smallest absolute Gasteiger partial charge is 0.162 e. The summed E-state index contributed by atoms with van der Waals surface area (Å²) >= 11 is 17.6. The van der Waals surface area contributed by atoms with E-state index in [0.717, 1.165) is 12.0 Å². The predicted octanol–water partition coefficient (Wildman–Crippen LogP) is 5.22. The van der Waals surface area contributed by atoms with Crippen LogP contribution < -0.4 is 0 Å². The van der Waals surface area contributed by atoms with E-state index in [2.05, 4.69) is 16.0 Å². The van der Waals surface area contributed by atoms with Crippen LogP contribution in [0.4, 0.5) is 0 Å². The SMILES string of the molecule is C/C=C/Cc1ccc(-c2nc(Cl)c(Cl)c(Cl)n2)cc1. The zero-order valence-electron chi connectivity index (χ0n) is 10.2. The molecule has 2 aromatic rings. The molecule has 0 unspecified atom stereocenters. The fraction of sp³-hybridized carbons (Fsp3) is 0.143. The Kier molecular flexibility index (Phi) is 4.81. The minimum atomic E-state index is 0.162. The van der Waals surface area contributed by atoms with E-state index in [9.17, 15) is 0 Å². The highest BCUT2D eigenvalue weighted by molar-refractivity contribution is 6.46. The average molecular weight is 314 g/mol. The van der Waals surface area contributed by atoms with Crippen LogP contribution in [-0.2, 0) is 6.42 Å². The van der Waals surface area contributed by atoms with Crippen molar-refractivity contribution in [3.8, 4) is 11.4 Å². The lowest BCUT2D eigenvalue weighted by Crippen LogP contribution is -1.92. The van der Waals surface area contributed by atoms with Crippen molar-refractivity contribution in [3.63, 3.8) is 0 Å². The number of aromatic nitrogens is 2. The second-order valence-corrected chi connectivity index (χ2v) is 5.01. The van der Waals surface area contributed by atoms with E-state index >= 15 is 0 Å². The molecule has 2 rings (SSSR count). The van der Waals surface area contributed by atoms with Gasteiger partial charge in [0.05, 0.1) is 0 Å². The van der Waals surface area contributed by atoms with E-state index in [0.29, 0.717) is 5.82 Å². The van der Waals surface area contributed by atoms with Crippen molar-refractivity contribution in [3.05, 3.63) is 57.3 Å². The summed E-state index contributed by atoms with van der Waals surface area (Å²) in [5.41, 5.74) is 2.07. The molecule has 0 radical (unpaired) electrons. The predicted molar refractivity (Wildman–Crippen MR) is 81.0 cm³/mol. The minimum Gasteiger partial charge on any atom is -0.215 e. The van der Waals surface area contributed by atoms with Crippen molar-refractivity contribution in [2.24, 2.45) is 0 Å². The Morgan fingerprint density at radius 2 is 1.58 bits per heavy atom. The molecular formula is C14H11Cl3N2. The summed E-state index contributed by atoms with van der Waals surface area (Å²) in [5.74, 6) is 0.469. The maximum atomic E-state index is 5.89. The summed E-state index contributed by atoms with van der Waals surface area (Å²) in [7, 11) is 0. The molecule has 0 spiro atoms. The number of hydrogen-bond donors (Lipinski definition) is 0. The standard InChI is InChI=1S/C14H11Cl3N2/c1-2-3-4-9-5-7-10(8-6-9)14-18-12(16)11(15)13(17)19-14/h2-3,5-8H,4H2,1H3/b3-2+. The van der Waals surface area contributed by atoms with Crippen molar-refractivity contribution in [2.75, 3.05) is 0 Å². The van der Waals surface area contributed by atoms with Gasteiger partial charge in [0.25, 0.3) is 0 Å². The molecule has 0 amide bonds. The summed E-state index contributed by atoms with van der Waals surface area (Å²) in [4.78, 5) is 8.24. The number of halogens is 3. The second kappa shape index (κ2) is 6.38. The van der Waals surface area contributed by atoms with Gasteiger partial charge in [-0.2, -0.15) is 0 Å². The van der Waals surface area contributed by atoms with Gasteiger partial charge in [0.15, 0.2) is 16.1 Å². The van der Waals surface area contributed by atoms with Crippen LogP contribution in [0.15, 0.2) is 36.4 Å². The molecule has 2 nitrogen and oxygen atoms in total. The fourth-order valence-corrected chi connectivity index (χ4v) is 2.04. The molecule has 1 aromatic carbocycles. The highest BCUT2D eigenvalue weighted by Gasteiger charge is 2.10. The van der Waals surface area contributed by atoms with Gasteiger partial charge in [-0.3, -0.25) is 0 Å². The molecule has 0 atom stereocenters. The Morgan fingerprint density at radius 3 is 2.11 bits per heavy atom. The largest absolute Gasteiger partial charge is 0.215 e. The molecule has 1 heterocycles. The highest BCUT2D eigenvalue weighted by atomic mass is 35.5. The van der Waals surface area contributed by atoms with Gasteiger partial charge in [-0.1, -0.05) is 71.2 Å². The molecule has 0 N–H and O–H groups in total. The number of hydrogen-bond acceptors (Lipinski definition) is 2. The normalized spacial score (nSPS) is 11.2. The number of nitrogens with zero attached hydrogens (tertiary/aromatic N) is 2. The molecule has 5 heteroatoms. The van der Waals surface area contributed by atoms with Crippen molar-refractivity contribution in [1.29, 1.82) is 0 Å². The van der Waals surface area contributed by atoms with E-state index in [-0.39, 0.29) is 15.3 Å². The fourth-order valence-electron chi connectivity index (χ4n) is 1.57. The summed E-state index contributed by atoms with van der Waals surface area (Å²) < 4.78 is 0. The van der Waals surface area contributed by atoms with Gasteiger partial charge in [0, 0.05) is 5.56 Å². The molecule has 0 bridgehead atoms. The lowest BCUT2D eigenvalue weighted by atomic mass is 10.1. The monoisotopic (exact) mass is 312 g/mol. The van der Waals surface area contributed by atoms with Crippen LogP contribution in [0.3, 0.4) is 0 Å². The molecule has 1 aromatic heterocycles. The van der Waals surface area contributed by atoms with Gasteiger partial charge in [-0.25, -0.2) is 9.97 Å². The third-order valence-electron chi connectivity index (χ3n) is 2.57. The Balaban J connectivity index is 2.32. The molecule has 0 saturated carbocycles. The van der Waals surface area contributed by atoms with Crippen LogP contribution in [0.1, 0.15) is 12.5 Å². The molecule has 0 fully saturated rings. The van der Waals surface area contributed by atoms with Gasteiger partial charge in [-0.15, -0.1) is 0 Å². The lowest BCUT2D eigenvalue weighted by molar-refractivity contribution is 1.17. The first kappa shape index (κ1) is 14.3. The Morgan fingerprint density at radius 1 is 1.00 bits per heavy atom. The van der Waals surface area contributed by atoms with Crippen LogP contribution in [0.25, 0.3) is 11.4 Å². The molecule has 98 valence electrons.